The number of hydrogen-bond donors (Lipinski definition) is 1. The van der Waals surface area contributed by atoms with Crippen LogP contribution in [0.15, 0.2) is 18.2 Å². The largest absolute Gasteiger partial charge is 0.494 e. The predicted octanol–water partition coefficient (Wildman–Crippen LogP) is 3.10. The Morgan fingerprint density at radius 3 is 2.88 bits per heavy atom. The first-order valence-corrected chi connectivity index (χ1v) is 8.96. The number of likely N-dealkylation sites (tertiary alicyclic amines) is 1. The highest BCUT2D eigenvalue weighted by molar-refractivity contribution is 5.73. The Morgan fingerprint density at radius 1 is 1.48 bits per heavy atom. The van der Waals surface area contributed by atoms with E-state index in [1.165, 1.54) is 19.6 Å². The molecule has 1 N–H and O–H groups in total. The van der Waals surface area contributed by atoms with Crippen LogP contribution in [0.5, 0.6) is 5.75 Å². The molecule has 1 heterocycles. The van der Waals surface area contributed by atoms with Crippen LogP contribution in [0.25, 0.3) is 0 Å². The second-order valence-electron chi connectivity index (χ2n) is 7.11. The molecule has 1 unspecified atom stereocenters. The molecule has 1 aromatic carbocycles. The lowest BCUT2D eigenvalue weighted by atomic mass is 9.97. The SMILES string of the molecule is COc1ccc(CN(C)C(=O)NCC2CCCN(C(C)C)C2)cc1F. The smallest absolute Gasteiger partial charge is 0.317 e. The van der Waals surface area contributed by atoms with E-state index in [-0.39, 0.29) is 11.8 Å². The number of ether oxygens (including phenoxy) is 1. The summed E-state index contributed by atoms with van der Waals surface area (Å²) in [6.07, 6.45) is 2.33. The molecule has 1 saturated heterocycles. The van der Waals surface area contributed by atoms with Crippen molar-refractivity contribution in [1.82, 2.24) is 15.1 Å². The number of nitrogens with zero attached hydrogens (tertiary/aromatic N) is 2. The first-order valence-electron chi connectivity index (χ1n) is 8.96. The van der Waals surface area contributed by atoms with E-state index in [4.69, 9.17) is 4.74 Å². The summed E-state index contributed by atoms with van der Waals surface area (Å²) in [5, 5.41) is 3.01. The Hall–Kier alpha value is -1.82. The van der Waals surface area contributed by atoms with E-state index in [0.717, 1.165) is 25.1 Å². The second kappa shape index (κ2) is 9.04. The number of carbonyl (C=O) groups is 1. The van der Waals surface area contributed by atoms with Gasteiger partial charge >= 0.3 is 6.03 Å². The van der Waals surface area contributed by atoms with Gasteiger partial charge in [0.2, 0.25) is 0 Å². The Kier molecular flexibility index (Phi) is 7.05. The summed E-state index contributed by atoms with van der Waals surface area (Å²) in [4.78, 5) is 16.3. The molecule has 0 spiro atoms. The third-order valence-corrected chi connectivity index (χ3v) is 4.81. The van der Waals surface area contributed by atoms with Gasteiger partial charge in [0.15, 0.2) is 11.6 Å². The number of rotatable bonds is 6. The van der Waals surface area contributed by atoms with Crippen molar-refractivity contribution >= 4 is 6.03 Å². The maximum absolute atomic E-state index is 13.7. The highest BCUT2D eigenvalue weighted by Crippen LogP contribution is 2.19. The summed E-state index contributed by atoms with van der Waals surface area (Å²) in [7, 11) is 3.15. The average molecular weight is 351 g/mol. The second-order valence-corrected chi connectivity index (χ2v) is 7.11. The molecule has 0 radical (unpaired) electrons. The molecular weight excluding hydrogens is 321 g/mol. The van der Waals surface area contributed by atoms with Crippen molar-refractivity contribution in [1.29, 1.82) is 0 Å². The Morgan fingerprint density at radius 2 is 2.24 bits per heavy atom. The zero-order valence-electron chi connectivity index (χ0n) is 15.7. The number of methoxy groups -OCH3 is 1. The third-order valence-electron chi connectivity index (χ3n) is 4.81. The topological polar surface area (TPSA) is 44.8 Å². The van der Waals surface area contributed by atoms with Gasteiger partial charge in [-0.2, -0.15) is 0 Å². The van der Waals surface area contributed by atoms with Gasteiger partial charge in [-0.15, -0.1) is 0 Å². The minimum absolute atomic E-state index is 0.127. The van der Waals surface area contributed by atoms with E-state index in [1.54, 1.807) is 24.1 Å². The van der Waals surface area contributed by atoms with Crippen molar-refractivity contribution < 1.29 is 13.9 Å². The van der Waals surface area contributed by atoms with Crippen molar-refractivity contribution in [2.45, 2.75) is 39.3 Å². The van der Waals surface area contributed by atoms with Gasteiger partial charge in [0.05, 0.1) is 7.11 Å². The van der Waals surface area contributed by atoms with E-state index >= 15 is 0 Å². The van der Waals surface area contributed by atoms with Gasteiger partial charge < -0.3 is 19.9 Å². The lowest BCUT2D eigenvalue weighted by Crippen LogP contribution is -2.45. The Balaban J connectivity index is 1.81. The van der Waals surface area contributed by atoms with Crippen LogP contribution < -0.4 is 10.1 Å². The van der Waals surface area contributed by atoms with Gasteiger partial charge in [0, 0.05) is 32.7 Å². The molecule has 2 rings (SSSR count). The number of carbonyl (C=O) groups excluding carboxylic acids is 1. The molecular formula is C19H30FN3O2. The van der Waals surface area contributed by atoms with E-state index in [9.17, 15) is 9.18 Å². The first-order chi connectivity index (χ1) is 11.9. The molecule has 0 aromatic heterocycles. The fourth-order valence-corrected chi connectivity index (χ4v) is 3.25. The minimum Gasteiger partial charge on any atom is -0.494 e. The number of benzene rings is 1. The van der Waals surface area contributed by atoms with Gasteiger partial charge in [-0.1, -0.05) is 6.07 Å². The zero-order chi connectivity index (χ0) is 18.4. The number of amides is 2. The Bertz CT molecular complexity index is 580. The minimum atomic E-state index is -0.412. The lowest BCUT2D eigenvalue weighted by molar-refractivity contribution is 0.137. The van der Waals surface area contributed by atoms with Crippen LogP contribution in [0.2, 0.25) is 0 Å². The molecule has 0 bridgehead atoms. The van der Waals surface area contributed by atoms with Crippen molar-refractivity contribution in [3.05, 3.63) is 29.6 Å². The van der Waals surface area contributed by atoms with E-state index in [1.807, 2.05) is 0 Å². The number of hydrogen-bond acceptors (Lipinski definition) is 3. The third kappa shape index (κ3) is 5.59. The fourth-order valence-electron chi connectivity index (χ4n) is 3.25. The van der Waals surface area contributed by atoms with Crippen LogP contribution in [-0.2, 0) is 6.54 Å². The lowest BCUT2D eigenvalue weighted by Gasteiger charge is -2.35. The van der Waals surface area contributed by atoms with E-state index in [2.05, 4.69) is 24.1 Å². The molecule has 1 aliphatic heterocycles. The normalized spacial score (nSPS) is 18.2. The van der Waals surface area contributed by atoms with E-state index in [0.29, 0.717) is 25.0 Å². The van der Waals surface area contributed by atoms with Crippen LogP contribution in [0, 0.1) is 11.7 Å². The summed E-state index contributed by atoms with van der Waals surface area (Å²) >= 11 is 0. The Labute approximate surface area is 150 Å². The number of piperidine rings is 1. The average Bonchev–Trinajstić information content (AvgIpc) is 2.60. The van der Waals surface area contributed by atoms with Gasteiger partial charge in [0.1, 0.15) is 0 Å². The van der Waals surface area contributed by atoms with Crippen molar-refractivity contribution in [3.63, 3.8) is 0 Å². The molecule has 5 nitrogen and oxygen atoms in total. The molecule has 0 aliphatic carbocycles. The molecule has 1 atom stereocenters. The van der Waals surface area contributed by atoms with Crippen LogP contribution in [0.1, 0.15) is 32.3 Å². The zero-order valence-corrected chi connectivity index (χ0v) is 15.7. The number of urea groups is 1. The molecule has 140 valence electrons. The number of nitrogens with one attached hydrogen (secondary N) is 1. The van der Waals surface area contributed by atoms with Gasteiger partial charge in [-0.3, -0.25) is 0 Å². The van der Waals surface area contributed by atoms with Gasteiger partial charge in [-0.05, 0) is 56.8 Å². The molecule has 1 aliphatic rings. The van der Waals surface area contributed by atoms with Crippen LogP contribution in [0.3, 0.4) is 0 Å². The van der Waals surface area contributed by atoms with Gasteiger partial charge in [0.25, 0.3) is 0 Å². The molecule has 25 heavy (non-hydrogen) atoms. The molecule has 0 saturated carbocycles. The predicted molar refractivity (Wildman–Crippen MR) is 97.3 cm³/mol. The monoisotopic (exact) mass is 351 g/mol. The summed E-state index contributed by atoms with van der Waals surface area (Å²) in [6, 6.07) is 5.18. The van der Waals surface area contributed by atoms with Crippen LogP contribution in [-0.4, -0.2) is 55.7 Å². The maximum Gasteiger partial charge on any atom is 0.317 e. The van der Waals surface area contributed by atoms with Crippen molar-refractivity contribution in [2.24, 2.45) is 5.92 Å². The van der Waals surface area contributed by atoms with E-state index < -0.39 is 5.82 Å². The highest BCUT2D eigenvalue weighted by atomic mass is 19.1. The summed E-state index contributed by atoms with van der Waals surface area (Å²) in [5.41, 5.74) is 0.736. The van der Waals surface area contributed by atoms with Gasteiger partial charge in [-0.25, -0.2) is 9.18 Å². The summed E-state index contributed by atoms with van der Waals surface area (Å²) in [6.45, 7) is 7.64. The molecule has 6 heteroatoms. The maximum atomic E-state index is 13.7. The summed E-state index contributed by atoms with van der Waals surface area (Å²) < 4.78 is 18.7. The number of halogens is 1. The van der Waals surface area contributed by atoms with Crippen molar-refractivity contribution in [2.75, 3.05) is 33.8 Å². The van der Waals surface area contributed by atoms with Crippen LogP contribution in [0.4, 0.5) is 9.18 Å². The fraction of sp³-hybridized carbons (Fsp3) is 0.632. The standard InChI is InChI=1S/C19H30FN3O2/c1-14(2)23-9-5-6-16(13-23)11-21-19(24)22(3)12-15-7-8-18(25-4)17(20)10-15/h7-8,10,14,16H,5-6,9,11-13H2,1-4H3,(H,21,24). The quantitative estimate of drug-likeness (QED) is 0.857. The highest BCUT2D eigenvalue weighted by Gasteiger charge is 2.22. The molecule has 1 aromatic rings. The van der Waals surface area contributed by atoms with Crippen LogP contribution >= 0.6 is 0 Å². The molecule has 1 fully saturated rings. The summed E-state index contributed by atoms with van der Waals surface area (Å²) in [5.74, 6) is 0.291. The first kappa shape index (κ1) is 19.5. The molecule has 2 amide bonds. The van der Waals surface area contributed by atoms with Crippen molar-refractivity contribution in [3.8, 4) is 5.75 Å².